The molecule has 2 aromatic rings. The van der Waals surface area contributed by atoms with Crippen LogP contribution in [0.3, 0.4) is 0 Å². The zero-order chi connectivity index (χ0) is 24.7. The molecule has 0 aliphatic carbocycles. The number of benzene rings is 2. The van der Waals surface area contributed by atoms with Crippen LogP contribution in [0.4, 0.5) is 11.4 Å². The molecule has 6 nitrogen and oxygen atoms in total. The van der Waals surface area contributed by atoms with Gasteiger partial charge in [-0.3, -0.25) is 15.3 Å². The first-order chi connectivity index (χ1) is 16.5. The maximum absolute atomic E-state index is 4.33. The van der Waals surface area contributed by atoms with Crippen LogP contribution < -0.4 is 15.6 Å². The van der Waals surface area contributed by atoms with Gasteiger partial charge in [-0.25, -0.2) is 0 Å². The Balaban J connectivity index is 0.00000158. The number of hydrazone groups is 1. The van der Waals surface area contributed by atoms with E-state index in [1.165, 1.54) is 22.4 Å². The monoisotopic (exact) mass is 458 g/mol. The molecule has 2 N–H and O–H groups in total. The third kappa shape index (κ3) is 5.57. The number of aryl methyl sites for hydroxylation is 1. The molecule has 6 heteroatoms. The molecule has 2 heterocycles. The topological polar surface area (TPSA) is 55.3 Å². The molecule has 0 atom stereocenters. The molecule has 0 unspecified atom stereocenters. The van der Waals surface area contributed by atoms with Gasteiger partial charge < -0.3 is 10.2 Å². The first-order valence-electron chi connectivity index (χ1n) is 12.1. The van der Waals surface area contributed by atoms with Crippen molar-refractivity contribution in [2.24, 2.45) is 10.1 Å². The Bertz CT molecular complexity index is 1050. The summed E-state index contributed by atoms with van der Waals surface area (Å²) in [5.74, 6) is 1.63. The van der Waals surface area contributed by atoms with Crippen molar-refractivity contribution in [1.82, 2.24) is 10.3 Å². The standard InChI is InChI=1S/C26H32N6.C2H6/c1-18-6-8-21(9-7-18)19(2)17-31-14-12-23(13-15-31)32-20(3)29-24-16-22(10-11-25(24)32)26(27-4)30-28-5;1-2/h6-11,16,23,29H,2-3,5,12-15,17H2,1,4H3,(H,27,30);1-2H3. The van der Waals surface area contributed by atoms with E-state index in [0.717, 1.165) is 49.5 Å². The summed E-state index contributed by atoms with van der Waals surface area (Å²) in [5.41, 5.74) is 9.73. The second-order valence-electron chi connectivity index (χ2n) is 8.49. The Morgan fingerprint density at radius 3 is 2.35 bits per heavy atom. The van der Waals surface area contributed by atoms with Crippen molar-refractivity contribution < 1.29 is 0 Å². The highest BCUT2D eigenvalue weighted by Crippen LogP contribution is 2.40. The molecule has 0 saturated carbocycles. The van der Waals surface area contributed by atoms with E-state index in [1.54, 1.807) is 7.05 Å². The quantitative estimate of drug-likeness (QED) is 0.342. The number of hydrogen-bond acceptors (Lipinski definition) is 5. The van der Waals surface area contributed by atoms with E-state index < -0.39 is 0 Å². The van der Waals surface area contributed by atoms with Crippen LogP contribution in [-0.2, 0) is 0 Å². The predicted molar refractivity (Wildman–Crippen MR) is 148 cm³/mol. The van der Waals surface area contributed by atoms with E-state index in [2.05, 4.69) is 99.9 Å². The van der Waals surface area contributed by atoms with Gasteiger partial charge in [0.05, 0.1) is 11.4 Å². The normalized spacial score (nSPS) is 16.3. The van der Waals surface area contributed by atoms with Crippen LogP contribution in [-0.4, -0.2) is 50.2 Å². The minimum Gasteiger partial charge on any atom is -0.340 e. The molecule has 0 bridgehead atoms. The lowest BCUT2D eigenvalue weighted by molar-refractivity contribution is 0.235. The molecule has 1 saturated heterocycles. The van der Waals surface area contributed by atoms with Gasteiger partial charge in [-0.1, -0.05) is 56.8 Å². The number of piperidine rings is 1. The van der Waals surface area contributed by atoms with Gasteiger partial charge >= 0.3 is 0 Å². The highest BCUT2D eigenvalue weighted by atomic mass is 15.3. The second kappa shape index (κ2) is 11.7. The lowest BCUT2D eigenvalue weighted by atomic mass is 10.00. The summed E-state index contributed by atoms with van der Waals surface area (Å²) in [6.07, 6.45) is 2.18. The van der Waals surface area contributed by atoms with Crippen LogP contribution in [0.15, 0.2) is 71.5 Å². The fourth-order valence-electron chi connectivity index (χ4n) is 4.58. The fraction of sp³-hybridized carbons (Fsp3) is 0.357. The molecular weight excluding hydrogens is 420 g/mol. The number of anilines is 2. The van der Waals surface area contributed by atoms with Crippen molar-refractivity contribution in [3.05, 3.63) is 78.1 Å². The van der Waals surface area contributed by atoms with Crippen molar-refractivity contribution in [2.75, 3.05) is 36.9 Å². The van der Waals surface area contributed by atoms with E-state index >= 15 is 0 Å². The van der Waals surface area contributed by atoms with Crippen molar-refractivity contribution >= 4 is 29.5 Å². The van der Waals surface area contributed by atoms with E-state index in [9.17, 15) is 0 Å². The predicted octanol–water partition coefficient (Wildman–Crippen LogP) is 5.48. The van der Waals surface area contributed by atoms with E-state index in [1.807, 2.05) is 13.8 Å². The summed E-state index contributed by atoms with van der Waals surface area (Å²) in [6, 6.07) is 15.4. The van der Waals surface area contributed by atoms with Gasteiger partial charge in [-0.05, 0) is 49.1 Å². The van der Waals surface area contributed by atoms with Crippen LogP contribution in [0.25, 0.3) is 5.57 Å². The van der Waals surface area contributed by atoms with Crippen LogP contribution in [0.5, 0.6) is 0 Å². The number of nitrogens with zero attached hydrogens (tertiary/aromatic N) is 4. The minimum atomic E-state index is 0.429. The molecule has 0 amide bonds. The highest BCUT2D eigenvalue weighted by molar-refractivity contribution is 6.01. The molecule has 2 aliphatic rings. The Labute approximate surface area is 204 Å². The maximum atomic E-state index is 4.33. The van der Waals surface area contributed by atoms with E-state index in [0.29, 0.717) is 11.9 Å². The third-order valence-corrected chi connectivity index (χ3v) is 6.30. The Morgan fingerprint density at radius 1 is 1.09 bits per heavy atom. The van der Waals surface area contributed by atoms with Gasteiger partial charge in [0.1, 0.15) is 11.7 Å². The van der Waals surface area contributed by atoms with E-state index in [4.69, 9.17) is 0 Å². The van der Waals surface area contributed by atoms with Gasteiger partial charge in [-0.15, -0.1) is 0 Å². The number of hydrogen-bond donors (Lipinski definition) is 2. The number of likely N-dealkylation sites (tertiary alicyclic amines) is 1. The number of aliphatic imine (C=N–C) groups is 1. The first-order valence-corrected chi connectivity index (χ1v) is 12.1. The summed E-state index contributed by atoms with van der Waals surface area (Å²) < 4.78 is 0. The number of fused-ring (bicyclic) bond motifs is 1. The van der Waals surface area contributed by atoms with Crippen molar-refractivity contribution in [1.29, 1.82) is 0 Å². The summed E-state index contributed by atoms with van der Waals surface area (Å²) in [4.78, 5) is 9.12. The largest absolute Gasteiger partial charge is 0.340 e. The van der Waals surface area contributed by atoms with Crippen LogP contribution >= 0.6 is 0 Å². The lowest BCUT2D eigenvalue weighted by Gasteiger charge is -2.38. The third-order valence-electron chi connectivity index (χ3n) is 6.30. The number of amidine groups is 1. The maximum Gasteiger partial charge on any atom is 0.148 e. The summed E-state index contributed by atoms with van der Waals surface area (Å²) >= 11 is 0. The second-order valence-corrected chi connectivity index (χ2v) is 8.49. The van der Waals surface area contributed by atoms with E-state index in [-0.39, 0.29) is 0 Å². The lowest BCUT2D eigenvalue weighted by Crippen LogP contribution is -2.44. The molecule has 0 radical (unpaired) electrons. The van der Waals surface area contributed by atoms with Gasteiger partial charge in [0.15, 0.2) is 0 Å². The summed E-state index contributed by atoms with van der Waals surface area (Å²) in [7, 11) is 1.74. The molecule has 4 rings (SSSR count). The average Bonchev–Trinajstić information content (AvgIpc) is 3.19. The van der Waals surface area contributed by atoms with Crippen LogP contribution in [0.1, 0.15) is 43.4 Å². The molecule has 180 valence electrons. The molecule has 2 aliphatic heterocycles. The Hall–Kier alpha value is -3.38. The molecular formula is C28H38N6. The fourth-order valence-corrected chi connectivity index (χ4v) is 4.58. The highest BCUT2D eigenvalue weighted by Gasteiger charge is 2.32. The Morgan fingerprint density at radius 2 is 1.74 bits per heavy atom. The minimum absolute atomic E-state index is 0.429. The zero-order valence-electron chi connectivity index (χ0n) is 21.1. The number of nitrogens with one attached hydrogen (secondary N) is 2. The molecule has 34 heavy (non-hydrogen) atoms. The average molecular weight is 459 g/mol. The molecule has 0 aromatic heterocycles. The van der Waals surface area contributed by atoms with Crippen molar-refractivity contribution in [2.45, 2.75) is 39.7 Å². The Kier molecular flexibility index (Phi) is 8.66. The molecule has 0 spiro atoms. The van der Waals surface area contributed by atoms with Crippen molar-refractivity contribution in [3.63, 3.8) is 0 Å². The number of rotatable bonds is 6. The van der Waals surface area contributed by atoms with Crippen molar-refractivity contribution in [3.8, 4) is 0 Å². The van der Waals surface area contributed by atoms with Crippen LogP contribution in [0, 0.1) is 6.92 Å². The summed E-state index contributed by atoms with van der Waals surface area (Å²) in [6.45, 7) is 21.2. The molecule has 1 fully saturated rings. The van der Waals surface area contributed by atoms with Crippen LogP contribution in [0.2, 0.25) is 0 Å². The van der Waals surface area contributed by atoms with Gasteiger partial charge in [0, 0.05) is 45.0 Å². The molecule has 2 aromatic carbocycles. The smallest absolute Gasteiger partial charge is 0.148 e. The zero-order valence-corrected chi connectivity index (χ0v) is 21.1. The SMILES string of the molecule is C=NNC(=NC)c1ccc2c(c1)NC(=C)N2C1CCN(CC(=C)c2ccc(C)cc2)CC1.CC. The van der Waals surface area contributed by atoms with Gasteiger partial charge in [-0.2, -0.15) is 5.10 Å². The summed E-state index contributed by atoms with van der Waals surface area (Å²) in [5, 5.41) is 7.19. The van der Waals surface area contributed by atoms with Gasteiger partial charge in [0.25, 0.3) is 0 Å². The first kappa shape index (κ1) is 25.2. The van der Waals surface area contributed by atoms with Gasteiger partial charge in [0.2, 0.25) is 0 Å².